The molecule has 2 aromatic rings. The number of thiazole rings is 2. The number of rotatable bonds is 19. The number of sulfonamides is 3. The first-order chi connectivity index (χ1) is 36.0. The van der Waals surface area contributed by atoms with Gasteiger partial charge >= 0.3 is 30.8 Å². The number of carboxylic acids is 1. The predicted molar refractivity (Wildman–Crippen MR) is 301 cm³/mol. The van der Waals surface area contributed by atoms with Crippen LogP contribution in [0.3, 0.4) is 0 Å². The Morgan fingerprint density at radius 3 is 1.25 bits per heavy atom. The van der Waals surface area contributed by atoms with Gasteiger partial charge in [0.15, 0.2) is 10.3 Å². The van der Waals surface area contributed by atoms with Crippen molar-refractivity contribution in [1.82, 2.24) is 37.6 Å². The molecule has 8 rings (SSSR count). The van der Waals surface area contributed by atoms with E-state index in [1.807, 2.05) is 41.5 Å². The largest absolute Gasteiger partial charge is 1.00 e. The Bertz CT molecular complexity index is 2750. The van der Waals surface area contributed by atoms with Crippen LogP contribution in [-0.2, 0) is 63.6 Å². The molecule has 5 heterocycles. The van der Waals surface area contributed by atoms with Gasteiger partial charge in [-0.2, -0.15) is 12.9 Å². The van der Waals surface area contributed by atoms with E-state index >= 15 is 0 Å². The standard InChI is InChI=1S/C16H23ClN4O4S2.C14H24N2O5S.C13H22N2O5S.C3H3ClN2S.CH4.Li.H2O/c1-10(2)7-12(15(23)19-16-18-8-13(17)26-16)21-6-5-20(9-14(21)22)27(24,25)11-3-4-11;1-10(2)8-12(14(18)21-3)16-7-6-15(9-13(16)17)22(19,20)11-4-5-11;1-9(2)7-11(13(17)18)15-6-5-14(8-12(15)16)21(19,20)10-3-4-10;4-2-1-6-3(5)7-2;;;/h8,10-12H,3-7,9H2,1-2H3,(H,18,19,23);10-12H,4-9H2,1-3H3;9-11H,3-8H2,1-2H3,(H,17,18);1H,(H2,5,6);1H4;;1H2/q;;;;;+1;/p-1. The Kier molecular flexibility index (Phi) is 28.8. The van der Waals surface area contributed by atoms with Gasteiger partial charge in [-0.1, -0.05) is 94.8 Å². The fraction of sp³-hybridized carbons (Fsp3) is 0.745. The average molecular weight is 1260 g/mol. The third kappa shape index (κ3) is 20.5. The first kappa shape index (κ1) is 72.8. The van der Waals surface area contributed by atoms with Crippen LogP contribution >= 0.6 is 45.9 Å². The molecule has 0 aromatic carbocycles. The minimum Gasteiger partial charge on any atom is -0.870 e. The summed E-state index contributed by atoms with van der Waals surface area (Å²) in [5.41, 5.74) is 5.20. The minimum atomic E-state index is -3.40. The Labute approximate surface area is 500 Å². The molecular weight excluding hydrogens is 1180 g/mol. The van der Waals surface area contributed by atoms with Crippen LogP contribution < -0.4 is 29.9 Å². The third-order valence-electron chi connectivity index (χ3n) is 13.1. The van der Waals surface area contributed by atoms with Gasteiger partial charge in [-0.05, 0) is 75.5 Å². The quantitative estimate of drug-likeness (QED) is 0.130. The van der Waals surface area contributed by atoms with E-state index < -0.39 is 66.0 Å². The number of aromatic nitrogens is 2. The number of nitrogens with two attached hydrogens (primary N) is 1. The molecular formula is C47H77Cl2LiN10O15S5. The van der Waals surface area contributed by atoms with Gasteiger partial charge < -0.3 is 41.1 Å². The van der Waals surface area contributed by atoms with E-state index in [1.54, 1.807) is 0 Å². The second kappa shape index (κ2) is 31.6. The van der Waals surface area contributed by atoms with Gasteiger partial charge in [-0.15, -0.1) is 0 Å². The summed E-state index contributed by atoms with van der Waals surface area (Å²) in [4.78, 5) is 85.2. The number of piperazine rings is 3. The summed E-state index contributed by atoms with van der Waals surface area (Å²) in [7, 11) is -8.82. The number of methoxy groups -OCH3 is 1. The number of carbonyl (C=O) groups excluding carboxylic acids is 5. The van der Waals surface area contributed by atoms with Gasteiger partial charge in [0, 0.05) is 39.3 Å². The Hall–Kier alpha value is -3.25. The first-order valence-electron chi connectivity index (χ1n) is 25.4. The Morgan fingerprint density at radius 1 is 0.637 bits per heavy atom. The van der Waals surface area contributed by atoms with Crippen LogP contribution in [-0.4, -0.2) is 209 Å². The number of esters is 1. The predicted octanol–water partition coefficient (Wildman–Crippen LogP) is 0.961. The number of nitrogens with zero attached hydrogens (tertiary/aromatic N) is 8. The minimum absolute atomic E-state index is 0. The van der Waals surface area contributed by atoms with Gasteiger partial charge in [-0.25, -0.2) is 44.8 Å². The molecule has 3 aliphatic carbocycles. The number of hydrogen-bond acceptors (Lipinski definition) is 19. The summed E-state index contributed by atoms with van der Waals surface area (Å²) < 4.78 is 83.0. The number of carboxylic acid groups (broad SMARTS) is 1. The molecule has 5 N–H and O–H groups in total. The van der Waals surface area contributed by atoms with Crippen molar-refractivity contribution in [2.45, 2.75) is 141 Å². The monoisotopic (exact) mass is 1260 g/mol. The molecule has 25 nitrogen and oxygen atoms in total. The van der Waals surface area contributed by atoms with E-state index in [0.717, 1.165) is 11.3 Å². The summed E-state index contributed by atoms with van der Waals surface area (Å²) in [5, 5.41) is 11.9. The van der Waals surface area contributed by atoms with Crippen LogP contribution in [0, 0.1) is 17.8 Å². The van der Waals surface area contributed by atoms with Gasteiger partial charge in [0.1, 0.15) is 26.8 Å². The van der Waals surface area contributed by atoms with Crippen molar-refractivity contribution < 1.29 is 88.2 Å². The smallest absolute Gasteiger partial charge is 0.870 e. The van der Waals surface area contributed by atoms with Gasteiger partial charge in [-0.3, -0.25) is 19.2 Å². The van der Waals surface area contributed by atoms with Crippen molar-refractivity contribution >= 4 is 122 Å². The molecule has 6 aliphatic rings. The summed E-state index contributed by atoms with van der Waals surface area (Å²) >= 11 is 13.7. The maximum absolute atomic E-state index is 12.8. The van der Waals surface area contributed by atoms with Crippen molar-refractivity contribution in [3.8, 4) is 0 Å². The molecule has 80 heavy (non-hydrogen) atoms. The van der Waals surface area contributed by atoms with E-state index in [-0.39, 0.29) is 142 Å². The van der Waals surface area contributed by atoms with Gasteiger partial charge in [0.25, 0.3) is 0 Å². The van der Waals surface area contributed by atoms with Crippen molar-refractivity contribution in [1.29, 1.82) is 0 Å². The molecule has 3 saturated carbocycles. The van der Waals surface area contributed by atoms with Gasteiger partial charge in [0.2, 0.25) is 53.7 Å². The summed E-state index contributed by atoms with van der Waals surface area (Å²) in [6, 6.07) is -2.18. The fourth-order valence-corrected chi connectivity index (χ4v) is 15.5. The Morgan fingerprint density at radius 2 is 0.975 bits per heavy atom. The first-order valence-corrected chi connectivity index (χ1v) is 32.3. The SMILES string of the molecule is C.CC(C)CC(C(=O)Nc1ncc(Cl)s1)N1CCN(S(=O)(=O)C2CC2)CC1=O.CC(C)CC(C(=O)O)N1CCN(S(=O)(=O)C2CC2)CC1=O.COC(=O)C(CC(C)C)N1CCN(S(=O)(=O)C2CC2)CC1=O.Nc1ncc(Cl)s1.[Li+].[OH-]. The normalized spacial score (nSPS) is 19.6. The molecule has 6 fully saturated rings. The number of nitrogens with one attached hydrogen (secondary N) is 1. The van der Waals surface area contributed by atoms with Crippen molar-refractivity contribution in [3.05, 3.63) is 21.1 Å². The van der Waals surface area contributed by atoms with Crippen LogP contribution in [0.1, 0.15) is 107 Å². The zero-order valence-electron chi connectivity index (χ0n) is 45.7. The molecule has 33 heteroatoms. The van der Waals surface area contributed by atoms with Crippen LogP contribution in [0.15, 0.2) is 12.4 Å². The molecule has 3 aliphatic heterocycles. The topological polar surface area (TPSA) is 348 Å². The average Bonchev–Trinajstić information content (AvgIpc) is 4.21. The van der Waals surface area contributed by atoms with Crippen molar-refractivity contribution in [2.24, 2.45) is 17.8 Å². The van der Waals surface area contributed by atoms with Crippen LogP contribution in [0.25, 0.3) is 0 Å². The number of anilines is 2. The van der Waals surface area contributed by atoms with Crippen molar-refractivity contribution in [3.63, 3.8) is 0 Å². The zero-order chi connectivity index (χ0) is 57.3. The van der Waals surface area contributed by atoms with E-state index in [1.165, 1.54) is 58.5 Å². The summed E-state index contributed by atoms with van der Waals surface area (Å²) in [6.07, 6.45) is 8.31. The maximum Gasteiger partial charge on any atom is 1.00 e. The molecule has 0 spiro atoms. The summed E-state index contributed by atoms with van der Waals surface area (Å²) in [6.45, 7) is 12.3. The molecule has 4 amide bonds. The maximum atomic E-state index is 12.8. The van der Waals surface area contributed by atoms with Gasteiger partial charge in [0.05, 0.1) is 54.9 Å². The van der Waals surface area contributed by atoms with Crippen molar-refractivity contribution in [2.75, 3.05) is 77.1 Å². The molecule has 0 bridgehead atoms. The molecule has 450 valence electrons. The number of halogens is 2. The second-order valence-corrected chi connectivity index (χ2v) is 30.7. The number of carbonyl (C=O) groups is 6. The third-order valence-corrected chi connectivity index (χ3v) is 22.1. The van der Waals surface area contributed by atoms with E-state index in [9.17, 15) is 59.1 Å². The summed E-state index contributed by atoms with van der Waals surface area (Å²) in [5.74, 6) is -2.34. The molecule has 2 aromatic heterocycles. The second-order valence-electron chi connectivity index (χ2n) is 20.8. The number of aliphatic carboxylic acids is 1. The van der Waals surface area contributed by atoms with Crippen LogP contribution in [0.4, 0.5) is 10.3 Å². The number of nitrogen functional groups attached to an aromatic ring is 1. The number of amides is 4. The fourth-order valence-electron chi connectivity index (χ4n) is 8.70. The molecule has 0 radical (unpaired) electrons. The number of ether oxygens (including phenoxy) is 1. The van der Waals surface area contributed by atoms with E-state index in [4.69, 9.17) is 33.7 Å². The molecule has 3 saturated heterocycles. The van der Waals surface area contributed by atoms with E-state index in [0.29, 0.717) is 76.7 Å². The molecule has 3 atom stereocenters. The molecule has 3 unspecified atom stereocenters. The number of hydrogen-bond donors (Lipinski definition) is 3. The van der Waals surface area contributed by atoms with Crippen LogP contribution in [0.2, 0.25) is 8.67 Å². The Balaban J connectivity index is 0.000000381. The van der Waals surface area contributed by atoms with Crippen LogP contribution in [0.5, 0.6) is 0 Å². The zero-order valence-corrected chi connectivity index (χ0v) is 51.3. The van der Waals surface area contributed by atoms with E-state index in [2.05, 4.69) is 15.3 Å².